The van der Waals surface area contributed by atoms with Crippen LogP contribution in [0.5, 0.6) is 0 Å². The van der Waals surface area contributed by atoms with Crippen molar-refractivity contribution in [2.75, 3.05) is 5.32 Å². The van der Waals surface area contributed by atoms with Gasteiger partial charge in [0.25, 0.3) is 0 Å². The van der Waals surface area contributed by atoms with Gasteiger partial charge >= 0.3 is 24.2 Å². The van der Waals surface area contributed by atoms with E-state index in [1.165, 1.54) is 0 Å². The van der Waals surface area contributed by atoms with E-state index in [0.29, 0.717) is 6.07 Å². The quantitative estimate of drug-likeness (QED) is 0.772. The number of nitrogens with one attached hydrogen (secondary N) is 1. The van der Waals surface area contributed by atoms with Crippen molar-refractivity contribution in [3.05, 3.63) is 21.8 Å². The lowest BCUT2D eigenvalue weighted by Gasteiger charge is -2.14. The molecule has 1 rings (SSSR count). The maximum absolute atomic E-state index is 12.6. The normalized spacial score (nSPS) is 12.1. The largest absolute Gasteiger partial charge is 0.478 e. The van der Waals surface area contributed by atoms with E-state index in [2.05, 4.69) is 20.9 Å². The lowest BCUT2D eigenvalue weighted by atomic mass is 10.2. The van der Waals surface area contributed by atoms with Crippen LogP contribution in [-0.4, -0.2) is 28.1 Å². The Balaban J connectivity index is 3.41. The standard InChI is InChI=1S/C9H3BrF6N2O3/c10-3-1-2(6(19)20)5(17-4(3)8(11,12)13)18-7(21)9(14,15)16/h1H,(H,19,20)(H,17,18,21). The number of rotatable bonds is 2. The van der Waals surface area contributed by atoms with E-state index in [1.54, 1.807) is 0 Å². The minimum Gasteiger partial charge on any atom is -0.478 e. The molecule has 21 heavy (non-hydrogen) atoms. The lowest BCUT2D eigenvalue weighted by Crippen LogP contribution is -2.31. The summed E-state index contributed by atoms with van der Waals surface area (Å²) in [6.07, 6.45) is -10.5. The van der Waals surface area contributed by atoms with Crippen LogP contribution in [0.2, 0.25) is 0 Å². The zero-order chi connectivity index (χ0) is 16.6. The van der Waals surface area contributed by atoms with Crippen molar-refractivity contribution in [1.82, 2.24) is 4.98 Å². The van der Waals surface area contributed by atoms with E-state index < -0.39 is 45.8 Å². The minimum absolute atomic E-state index is 0.393. The number of halogens is 7. The number of amides is 1. The minimum atomic E-state index is -5.41. The highest BCUT2D eigenvalue weighted by atomic mass is 79.9. The number of pyridine rings is 1. The molecule has 0 aliphatic carbocycles. The third-order valence-electron chi connectivity index (χ3n) is 1.96. The van der Waals surface area contributed by atoms with Crippen molar-refractivity contribution in [3.63, 3.8) is 0 Å². The smallest absolute Gasteiger partial charge is 0.471 e. The van der Waals surface area contributed by atoms with E-state index >= 15 is 0 Å². The van der Waals surface area contributed by atoms with Gasteiger partial charge < -0.3 is 10.4 Å². The Morgan fingerprint density at radius 2 is 1.71 bits per heavy atom. The number of carbonyl (C=O) groups is 2. The first-order chi connectivity index (χ1) is 9.34. The number of hydrogen-bond donors (Lipinski definition) is 2. The van der Waals surface area contributed by atoms with Gasteiger partial charge in [0.15, 0.2) is 5.69 Å². The van der Waals surface area contributed by atoms with Gasteiger partial charge in [-0.1, -0.05) is 0 Å². The van der Waals surface area contributed by atoms with E-state index in [9.17, 15) is 35.9 Å². The van der Waals surface area contributed by atoms with Gasteiger partial charge in [0.2, 0.25) is 0 Å². The number of aromatic nitrogens is 1. The fourth-order valence-corrected chi connectivity index (χ4v) is 1.67. The van der Waals surface area contributed by atoms with Gasteiger partial charge in [-0.3, -0.25) is 4.79 Å². The maximum Gasteiger partial charge on any atom is 0.471 e. The lowest BCUT2D eigenvalue weighted by molar-refractivity contribution is -0.167. The molecule has 0 fully saturated rings. The second-order valence-electron chi connectivity index (χ2n) is 3.47. The molecule has 0 aliphatic rings. The van der Waals surface area contributed by atoms with Crippen molar-refractivity contribution >= 4 is 33.6 Å². The van der Waals surface area contributed by atoms with Crippen LogP contribution in [0.15, 0.2) is 10.5 Å². The Morgan fingerprint density at radius 3 is 2.10 bits per heavy atom. The van der Waals surface area contributed by atoms with E-state index in [1.807, 2.05) is 0 Å². The van der Waals surface area contributed by atoms with Gasteiger partial charge in [-0.2, -0.15) is 26.3 Å². The van der Waals surface area contributed by atoms with Crippen LogP contribution >= 0.6 is 15.9 Å². The molecule has 0 atom stereocenters. The third-order valence-corrected chi connectivity index (χ3v) is 2.57. The number of aromatic carboxylic acids is 1. The molecule has 0 saturated carbocycles. The van der Waals surface area contributed by atoms with Crippen molar-refractivity contribution < 1.29 is 41.0 Å². The molecule has 0 bridgehead atoms. The first kappa shape index (κ1) is 17.2. The van der Waals surface area contributed by atoms with Crippen LogP contribution in [0.1, 0.15) is 16.1 Å². The number of carboxylic acid groups (broad SMARTS) is 1. The topological polar surface area (TPSA) is 79.3 Å². The molecule has 2 N–H and O–H groups in total. The molecule has 0 aliphatic heterocycles. The molecular weight excluding hydrogens is 378 g/mol. The van der Waals surface area contributed by atoms with Crippen LogP contribution in [-0.2, 0) is 11.0 Å². The summed E-state index contributed by atoms with van der Waals surface area (Å²) in [6.45, 7) is 0. The second-order valence-corrected chi connectivity index (χ2v) is 4.32. The van der Waals surface area contributed by atoms with E-state index in [4.69, 9.17) is 5.11 Å². The molecule has 1 heterocycles. The van der Waals surface area contributed by atoms with Crippen LogP contribution in [0.4, 0.5) is 32.2 Å². The molecule has 5 nitrogen and oxygen atoms in total. The van der Waals surface area contributed by atoms with Crippen molar-refractivity contribution in [3.8, 4) is 0 Å². The van der Waals surface area contributed by atoms with E-state index in [-0.39, 0.29) is 0 Å². The van der Waals surface area contributed by atoms with Gasteiger partial charge in [-0.15, -0.1) is 0 Å². The monoisotopic (exact) mass is 380 g/mol. The summed E-state index contributed by atoms with van der Waals surface area (Å²) in [5.41, 5.74) is -2.71. The number of nitrogens with zero attached hydrogens (tertiary/aromatic N) is 1. The van der Waals surface area contributed by atoms with Gasteiger partial charge in [-0.25, -0.2) is 9.78 Å². The average molecular weight is 381 g/mol. The second kappa shape index (κ2) is 5.50. The number of carbonyl (C=O) groups excluding carboxylic acids is 1. The molecule has 116 valence electrons. The highest BCUT2D eigenvalue weighted by Gasteiger charge is 2.41. The number of hydrogen-bond acceptors (Lipinski definition) is 3. The van der Waals surface area contributed by atoms with Gasteiger partial charge in [0.05, 0.1) is 0 Å². The molecule has 0 radical (unpaired) electrons. The Bertz CT molecular complexity index is 598. The van der Waals surface area contributed by atoms with Gasteiger partial charge in [0, 0.05) is 4.47 Å². The molecule has 0 unspecified atom stereocenters. The summed E-state index contributed by atoms with van der Waals surface area (Å²) in [7, 11) is 0. The third kappa shape index (κ3) is 4.06. The highest BCUT2D eigenvalue weighted by Crippen LogP contribution is 2.35. The molecule has 0 saturated heterocycles. The molecular formula is C9H3BrF6N2O3. The van der Waals surface area contributed by atoms with Crippen LogP contribution in [0.3, 0.4) is 0 Å². The zero-order valence-electron chi connectivity index (χ0n) is 9.43. The van der Waals surface area contributed by atoms with Crippen molar-refractivity contribution in [2.24, 2.45) is 0 Å². The first-order valence-corrected chi connectivity index (χ1v) is 5.52. The Morgan fingerprint density at radius 1 is 1.19 bits per heavy atom. The Kier molecular flexibility index (Phi) is 4.51. The van der Waals surface area contributed by atoms with Gasteiger partial charge in [0.1, 0.15) is 11.4 Å². The van der Waals surface area contributed by atoms with Crippen LogP contribution in [0.25, 0.3) is 0 Å². The summed E-state index contributed by atoms with van der Waals surface area (Å²) >= 11 is 2.41. The summed E-state index contributed by atoms with van der Waals surface area (Å²) in [6, 6.07) is 0.393. The number of anilines is 1. The van der Waals surface area contributed by atoms with Gasteiger partial charge in [-0.05, 0) is 22.0 Å². The first-order valence-electron chi connectivity index (χ1n) is 4.73. The summed E-state index contributed by atoms with van der Waals surface area (Å²) in [4.78, 5) is 24.2. The molecule has 0 spiro atoms. The van der Waals surface area contributed by atoms with E-state index in [0.717, 1.165) is 5.32 Å². The van der Waals surface area contributed by atoms with Crippen molar-refractivity contribution in [1.29, 1.82) is 0 Å². The summed E-state index contributed by atoms with van der Waals surface area (Å²) in [5.74, 6) is -5.87. The summed E-state index contributed by atoms with van der Waals surface area (Å²) in [5, 5.41) is 9.72. The zero-order valence-corrected chi connectivity index (χ0v) is 11.0. The molecule has 12 heteroatoms. The van der Waals surface area contributed by atoms with Crippen LogP contribution in [0, 0.1) is 0 Å². The fraction of sp³-hybridized carbons (Fsp3) is 0.222. The predicted octanol–water partition coefficient (Wildman–Crippen LogP) is 3.06. The predicted molar refractivity (Wildman–Crippen MR) is 58.6 cm³/mol. The molecule has 0 aromatic carbocycles. The Hall–Kier alpha value is -1.85. The number of carboxylic acids is 1. The molecule has 1 amide bonds. The van der Waals surface area contributed by atoms with Crippen LogP contribution < -0.4 is 5.32 Å². The molecule has 1 aromatic heterocycles. The SMILES string of the molecule is O=C(O)c1cc(Br)c(C(F)(F)F)nc1NC(=O)C(F)(F)F. The number of alkyl halides is 6. The molecule has 1 aromatic rings. The summed E-state index contributed by atoms with van der Waals surface area (Å²) < 4.78 is 73.1. The fourth-order valence-electron chi connectivity index (χ4n) is 1.12. The Labute approximate surface area is 120 Å². The van der Waals surface area contributed by atoms with Crippen molar-refractivity contribution in [2.45, 2.75) is 12.4 Å². The average Bonchev–Trinajstić information content (AvgIpc) is 2.27. The highest BCUT2D eigenvalue weighted by molar-refractivity contribution is 9.10. The maximum atomic E-state index is 12.6.